The number of carbonyl (C=O) groups is 2. The number of hydrogen-bond donors (Lipinski definition) is 0. The van der Waals surface area contributed by atoms with E-state index in [2.05, 4.69) is 21.5 Å². The van der Waals surface area contributed by atoms with Gasteiger partial charge in [-0.1, -0.05) is 28.6 Å². The highest BCUT2D eigenvalue weighted by atomic mass is 16.5. The summed E-state index contributed by atoms with van der Waals surface area (Å²) in [6.45, 7) is 2.66. The molecule has 4 heterocycles. The molecule has 10 nitrogen and oxygen atoms in total. The van der Waals surface area contributed by atoms with Gasteiger partial charge in [-0.3, -0.25) is 9.59 Å². The number of nitrogens with zero attached hydrogens (tertiary/aromatic N) is 6. The molecule has 1 aliphatic carbocycles. The van der Waals surface area contributed by atoms with Gasteiger partial charge in [0, 0.05) is 31.6 Å². The summed E-state index contributed by atoms with van der Waals surface area (Å²) in [6.07, 6.45) is 9.29. The standard InChI is InChI=1S/C26H28N6O4/c33-23(30-12-14-35-15-13-30)17-31-11-10-22-24(26(31)34)25(28-36-22)19-6-8-20(9-7-19)32-16-21(27-29-32)18-4-2-1-3-5-18/h4,6-9,16H,1-3,5,10-15,17H2. The maximum atomic E-state index is 13.3. The van der Waals surface area contributed by atoms with E-state index in [9.17, 15) is 9.59 Å². The average molecular weight is 489 g/mol. The fourth-order valence-electron chi connectivity index (χ4n) is 5.02. The first-order valence-corrected chi connectivity index (χ1v) is 12.5. The van der Waals surface area contributed by atoms with Crippen molar-refractivity contribution < 1.29 is 18.8 Å². The van der Waals surface area contributed by atoms with E-state index in [1.807, 2.05) is 30.5 Å². The Hall–Kier alpha value is -3.79. The van der Waals surface area contributed by atoms with Gasteiger partial charge >= 0.3 is 0 Å². The van der Waals surface area contributed by atoms with Crippen LogP contribution in [0.1, 0.15) is 47.5 Å². The molecule has 0 saturated carbocycles. The summed E-state index contributed by atoms with van der Waals surface area (Å²) in [5.74, 6) is 0.282. The third-order valence-electron chi connectivity index (χ3n) is 7.08. The van der Waals surface area contributed by atoms with Gasteiger partial charge in [-0.25, -0.2) is 4.68 Å². The van der Waals surface area contributed by atoms with Crippen molar-refractivity contribution in [2.45, 2.75) is 32.1 Å². The largest absolute Gasteiger partial charge is 0.378 e. The van der Waals surface area contributed by atoms with Crippen molar-refractivity contribution in [1.82, 2.24) is 30.0 Å². The normalized spacial score (nSPS) is 18.2. The maximum absolute atomic E-state index is 13.3. The molecule has 2 amide bonds. The van der Waals surface area contributed by atoms with Crippen molar-refractivity contribution in [3.05, 3.63) is 53.6 Å². The van der Waals surface area contributed by atoms with Gasteiger partial charge < -0.3 is 19.1 Å². The monoisotopic (exact) mass is 488 g/mol. The van der Waals surface area contributed by atoms with Crippen LogP contribution in [-0.2, 0) is 16.0 Å². The van der Waals surface area contributed by atoms with Crippen molar-refractivity contribution in [3.63, 3.8) is 0 Å². The lowest BCUT2D eigenvalue weighted by Gasteiger charge is -2.31. The Kier molecular flexibility index (Phi) is 6.10. The summed E-state index contributed by atoms with van der Waals surface area (Å²) in [7, 11) is 0. The number of fused-ring (bicyclic) bond motifs is 1. The number of allylic oxidation sites excluding steroid dienone is 2. The van der Waals surface area contributed by atoms with E-state index in [1.165, 1.54) is 18.4 Å². The Morgan fingerprint density at radius 3 is 2.64 bits per heavy atom. The second kappa shape index (κ2) is 9.69. The van der Waals surface area contributed by atoms with Crippen LogP contribution in [0.3, 0.4) is 0 Å². The second-order valence-corrected chi connectivity index (χ2v) is 9.37. The molecular weight excluding hydrogens is 460 g/mol. The van der Waals surface area contributed by atoms with Gasteiger partial charge in [0.2, 0.25) is 5.91 Å². The lowest BCUT2D eigenvalue weighted by atomic mass is 9.98. The zero-order chi connectivity index (χ0) is 24.5. The highest BCUT2D eigenvalue weighted by molar-refractivity contribution is 6.03. The number of amides is 2. The van der Waals surface area contributed by atoms with Crippen molar-refractivity contribution in [1.29, 1.82) is 0 Å². The first-order chi connectivity index (χ1) is 17.7. The Morgan fingerprint density at radius 1 is 1.03 bits per heavy atom. The smallest absolute Gasteiger partial charge is 0.260 e. The van der Waals surface area contributed by atoms with E-state index in [4.69, 9.17) is 9.26 Å². The molecule has 36 heavy (non-hydrogen) atoms. The molecule has 1 aromatic carbocycles. The second-order valence-electron chi connectivity index (χ2n) is 9.37. The SMILES string of the molecule is O=C(CN1CCc2onc(-c3ccc(-n4cc(C5=CCCCC5)nn4)cc3)c2C1=O)N1CCOCC1. The fraction of sp³-hybridized carbons (Fsp3) is 0.423. The number of rotatable bonds is 5. The number of ether oxygens (including phenoxy) is 1. The van der Waals surface area contributed by atoms with Gasteiger partial charge in [-0.05, 0) is 43.4 Å². The molecule has 0 bridgehead atoms. The minimum atomic E-state index is -0.222. The minimum Gasteiger partial charge on any atom is -0.378 e. The Balaban J connectivity index is 1.19. The van der Waals surface area contributed by atoms with Gasteiger partial charge in [0.15, 0.2) is 5.76 Å². The molecule has 2 aromatic heterocycles. The van der Waals surface area contributed by atoms with Gasteiger partial charge in [0.25, 0.3) is 5.91 Å². The molecule has 1 saturated heterocycles. The number of aromatic nitrogens is 4. The number of carbonyl (C=O) groups excluding carboxylic acids is 2. The summed E-state index contributed by atoms with van der Waals surface area (Å²) in [5, 5.41) is 12.9. The zero-order valence-electron chi connectivity index (χ0n) is 20.1. The summed E-state index contributed by atoms with van der Waals surface area (Å²) < 4.78 is 12.6. The van der Waals surface area contributed by atoms with E-state index >= 15 is 0 Å². The highest BCUT2D eigenvalue weighted by Gasteiger charge is 2.34. The van der Waals surface area contributed by atoms with Crippen LogP contribution in [0.4, 0.5) is 0 Å². The molecular formula is C26H28N6O4. The van der Waals surface area contributed by atoms with Crippen molar-refractivity contribution in [3.8, 4) is 16.9 Å². The van der Waals surface area contributed by atoms with Crippen LogP contribution < -0.4 is 0 Å². The number of morpholine rings is 1. The van der Waals surface area contributed by atoms with Crippen molar-refractivity contribution >= 4 is 17.4 Å². The quantitative estimate of drug-likeness (QED) is 0.544. The van der Waals surface area contributed by atoms with Crippen LogP contribution >= 0.6 is 0 Å². The van der Waals surface area contributed by atoms with Crippen LogP contribution in [0.15, 0.2) is 41.1 Å². The topological polar surface area (TPSA) is 107 Å². The predicted octanol–water partition coefficient (Wildman–Crippen LogP) is 2.74. The van der Waals surface area contributed by atoms with E-state index in [0.717, 1.165) is 29.8 Å². The van der Waals surface area contributed by atoms with E-state index in [0.29, 0.717) is 56.3 Å². The minimum absolute atomic E-state index is 0.0485. The van der Waals surface area contributed by atoms with Gasteiger partial charge in [0.1, 0.15) is 23.5 Å². The van der Waals surface area contributed by atoms with Gasteiger partial charge in [0.05, 0.1) is 25.1 Å². The molecule has 1 fully saturated rings. The van der Waals surface area contributed by atoms with E-state index in [-0.39, 0.29) is 18.4 Å². The first-order valence-electron chi connectivity index (χ1n) is 12.5. The van der Waals surface area contributed by atoms with E-state index in [1.54, 1.807) is 14.5 Å². The molecule has 0 unspecified atom stereocenters. The Morgan fingerprint density at radius 2 is 1.86 bits per heavy atom. The van der Waals surface area contributed by atoms with Crippen LogP contribution in [0.2, 0.25) is 0 Å². The third kappa shape index (κ3) is 4.32. The van der Waals surface area contributed by atoms with Crippen LogP contribution in [0.5, 0.6) is 0 Å². The Labute approximate surface area is 208 Å². The summed E-state index contributed by atoms with van der Waals surface area (Å²) in [5.41, 5.74) is 4.76. The predicted molar refractivity (Wildman–Crippen MR) is 130 cm³/mol. The number of benzene rings is 1. The zero-order valence-corrected chi connectivity index (χ0v) is 20.1. The molecule has 3 aliphatic rings. The molecule has 10 heteroatoms. The van der Waals surface area contributed by atoms with E-state index < -0.39 is 0 Å². The van der Waals surface area contributed by atoms with Crippen molar-refractivity contribution in [2.24, 2.45) is 0 Å². The number of hydrogen-bond acceptors (Lipinski definition) is 7. The first kappa shape index (κ1) is 22.7. The Bertz CT molecular complexity index is 1300. The highest BCUT2D eigenvalue weighted by Crippen LogP contribution is 2.31. The lowest BCUT2D eigenvalue weighted by Crippen LogP contribution is -2.48. The molecule has 0 spiro atoms. The molecule has 3 aromatic rings. The van der Waals surface area contributed by atoms with Crippen molar-refractivity contribution in [2.75, 3.05) is 39.4 Å². The molecule has 186 valence electrons. The molecule has 0 N–H and O–H groups in total. The van der Waals surface area contributed by atoms with Gasteiger partial charge in [-0.2, -0.15) is 0 Å². The molecule has 2 aliphatic heterocycles. The molecule has 6 rings (SSSR count). The molecule has 0 atom stereocenters. The maximum Gasteiger partial charge on any atom is 0.260 e. The average Bonchev–Trinajstić information content (AvgIpc) is 3.60. The van der Waals surface area contributed by atoms with Crippen LogP contribution in [-0.4, -0.2) is 81.2 Å². The summed E-state index contributed by atoms with van der Waals surface area (Å²) >= 11 is 0. The fourth-order valence-corrected chi connectivity index (χ4v) is 5.02. The van der Waals surface area contributed by atoms with Crippen LogP contribution in [0.25, 0.3) is 22.5 Å². The summed E-state index contributed by atoms with van der Waals surface area (Å²) in [4.78, 5) is 29.4. The third-order valence-corrected chi connectivity index (χ3v) is 7.08. The lowest BCUT2D eigenvalue weighted by molar-refractivity contribution is -0.136. The molecule has 0 radical (unpaired) electrons. The van der Waals surface area contributed by atoms with Crippen LogP contribution in [0, 0.1) is 0 Å². The summed E-state index contributed by atoms with van der Waals surface area (Å²) in [6, 6.07) is 7.66. The van der Waals surface area contributed by atoms with Gasteiger partial charge in [-0.15, -0.1) is 5.10 Å².